The van der Waals surface area contributed by atoms with Gasteiger partial charge in [-0.2, -0.15) is 0 Å². The molecule has 1 rings (SSSR count). The van der Waals surface area contributed by atoms with Crippen molar-refractivity contribution in [1.82, 2.24) is 4.98 Å². The lowest BCUT2D eigenvalue weighted by Gasteiger charge is -2.11. The van der Waals surface area contributed by atoms with Crippen molar-refractivity contribution in [3.63, 3.8) is 0 Å². The molecule has 0 saturated heterocycles. The third-order valence-corrected chi connectivity index (χ3v) is 2.05. The van der Waals surface area contributed by atoms with E-state index in [4.69, 9.17) is 9.84 Å². The minimum Gasteiger partial charge on any atom is -0.477 e. The maximum Gasteiger partial charge on any atom is 0.354 e. The van der Waals surface area contributed by atoms with Gasteiger partial charge in [0, 0.05) is 13.7 Å². The van der Waals surface area contributed by atoms with E-state index in [0.29, 0.717) is 24.9 Å². The number of carbonyl (C=O) groups is 1. The molecule has 1 heterocycles. The van der Waals surface area contributed by atoms with Crippen LogP contribution in [0.1, 0.15) is 17.4 Å². The molecule has 1 atom stereocenters. The molecule has 0 aliphatic rings. The highest BCUT2D eigenvalue weighted by molar-refractivity contribution is 5.85. The van der Waals surface area contributed by atoms with Crippen molar-refractivity contribution in [2.45, 2.75) is 6.92 Å². The second-order valence-corrected chi connectivity index (χ2v) is 3.65. The number of aromatic carboxylic acids is 1. The summed E-state index contributed by atoms with van der Waals surface area (Å²) in [7, 11) is 1.65. The third kappa shape index (κ3) is 3.86. The lowest BCUT2D eigenvalue weighted by atomic mass is 10.2. The zero-order valence-electron chi connectivity index (χ0n) is 9.43. The van der Waals surface area contributed by atoms with Crippen molar-refractivity contribution in [2.75, 3.05) is 25.6 Å². The van der Waals surface area contributed by atoms with Crippen molar-refractivity contribution in [2.24, 2.45) is 5.92 Å². The summed E-state index contributed by atoms with van der Waals surface area (Å²) in [6, 6.07) is 4.87. The molecule has 1 aromatic rings. The Bertz CT molecular complexity index is 355. The molecule has 0 radical (unpaired) electrons. The smallest absolute Gasteiger partial charge is 0.354 e. The van der Waals surface area contributed by atoms with Crippen LogP contribution in [-0.2, 0) is 4.74 Å². The summed E-state index contributed by atoms with van der Waals surface area (Å²) in [4.78, 5) is 14.6. The second kappa shape index (κ2) is 6.07. The van der Waals surface area contributed by atoms with E-state index < -0.39 is 5.97 Å². The van der Waals surface area contributed by atoms with E-state index in [9.17, 15) is 4.79 Å². The van der Waals surface area contributed by atoms with Gasteiger partial charge in [0.15, 0.2) is 5.69 Å². The Morgan fingerprint density at radius 1 is 1.62 bits per heavy atom. The quantitative estimate of drug-likeness (QED) is 0.765. The predicted molar refractivity (Wildman–Crippen MR) is 60.7 cm³/mol. The summed E-state index contributed by atoms with van der Waals surface area (Å²) in [6.07, 6.45) is 0. The largest absolute Gasteiger partial charge is 0.477 e. The van der Waals surface area contributed by atoms with Crippen LogP contribution in [0.4, 0.5) is 5.82 Å². The molecule has 0 bridgehead atoms. The van der Waals surface area contributed by atoms with Crippen LogP contribution in [-0.4, -0.2) is 36.3 Å². The number of methoxy groups -OCH3 is 1. The average Bonchev–Trinajstić information content (AvgIpc) is 2.27. The predicted octanol–water partition coefficient (Wildman–Crippen LogP) is 1.47. The van der Waals surface area contributed by atoms with Gasteiger partial charge in [-0.05, 0) is 18.1 Å². The van der Waals surface area contributed by atoms with Crippen LogP contribution in [0.5, 0.6) is 0 Å². The normalized spacial score (nSPS) is 12.1. The van der Waals surface area contributed by atoms with Gasteiger partial charge in [0.1, 0.15) is 5.82 Å². The number of ether oxygens (including phenoxy) is 1. The van der Waals surface area contributed by atoms with Crippen molar-refractivity contribution in [3.05, 3.63) is 23.9 Å². The molecule has 2 N–H and O–H groups in total. The van der Waals surface area contributed by atoms with Gasteiger partial charge in [0.2, 0.25) is 0 Å². The van der Waals surface area contributed by atoms with Gasteiger partial charge < -0.3 is 15.2 Å². The van der Waals surface area contributed by atoms with Gasteiger partial charge in [0.25, 0.3) is 0 Å². The first-order valence-electron chi connectivity index (χ1n) is 5.06. The summed E-state index contributed by atoms with van der Waals surface area (Å²) < 4.78 is 5.00. The number of hydrogen-bond donors (Lipinski definition) is 2. The molecule has 5 heteroatoms. The number of aromatic nitrogens is 1. The fourth-order valence-corrected chi connectivity index (χ4v) is 1.27. The second-order valence-electron chi connectivity index (χ2n) is 3.65. The standard InChI is InChI=1S/C11H16N2O3/c1-8(7-16-2)6-12-10-5-3-4-9(13-10)11(14)15/h3-5,8H,6-7H2,1-2H3,(H,12,13)(H,14,15). The summed E-state index contributed by atoms with van der Waals surface area (Å²) in [5, 5.41) is 11.8. The molecule has 0 aromatic carbocycles. The Kier molecular flexibility index (Phi) is 4.72. The molecular weight excluding hydrogens is 208 g/mol. The zero-order chi connectivity index (χ0) is 12.0. The monoisotopic (exact) mass is 224 g/mol. The molecule has 0 aliphatic carbocycles. The Labute approximate surface area is 94.5 Å². The molecule has 0 spiro atoms. The molecule has 16 heavy (non-hydrogen) atoms. The van der Waals surface area contributed by atoms with Crippen LogP contribution >= 0.6 is 0 Å². The van der Waals surface area contributed by atoms with Gasteiger partial charge in [-0.25, -0.2) is 9.78 Å². The van der Waals surface area contributed by atoms with E-state index in [1.165, 1.54) is 6.07 Å². The first kappa shape index (κ1) is 12.4. The van der Waals surface area contributed by atoms with Crippen molar-refractivity contribution < 1.29 is 14.6 Å². The van der Waals surface area contributed by atoms with E-state index in [2.05, 4.69) is 10.3 Å². The summed E-state index contributed by atoms with van der Waals surface area (Å²) >= 11 is 0. The van der Waals surface area contributed by atoms with Gasteiger partial charge >= 0.3 is 5.97 Å². The van der Waals surface area contributed by atoms with Crippen LogP contribution in [0.3, 0.4) is 0 Å². The molecule has 0 fully saturated rings. The van der Waals surface area contributed by atoms with Crippen LogP contribution in [0.2, 0.25) is 0 Å². The number of carboxylic acids is 1. The number of carboxylic acid groups (broad SMARTS) is 1. The topological polar surface area (TPSA) is 71.5 Å². The highest BCUT2D eigenvalue weighted by atomic mass is 16.5. The number of hydrogen-bond acceptors (Lipinski definition) is 4. The summed E-state index contributed by atoms with van der Waals surface area (Å²) in [5.74, 6) is -0.100. The van der Waals surface area contributed by atoms with Crippen molar-refractivity contribution in [3.8, 4) is 0 Å². The highest BCUT2D eigenvalue weighted by Crippen LogP contribution is 2.06. The molecular formula is C11H16N2O3. The lowest BCUT2D eigenvalue weighted by molar-refractivity contribution is 0.0690. The molecule has 0 saturated carbocycles. The highest BCUT2D eigenvalue weighted by Gasteiger charge is 2.06. The van der Waals surface area contributed by atoms with Crippen LogP contribution < -0.4 is 5.32 Å². The number of rotatable bonds is 6. The minimum atomic E-state index is -1.02. The molecule has 5 nitrogen and oxygen atoms in total. The number of nitrogens with one attached hydrogen (secondary N) is 1. The van der Waals surface area contributed by atoms with Crippen molar-refractivity contribution in [1.29, 1.82) is 0 Å². The van der Waals surface area contributed by atoms with Gasteiger partial charge in [-0.1, -0.05) is 13.0 Å². The Balaban J connectivity index is 2.54. The summed E-state index contributed by atoms with van der Waals surface area (Å²) in [5.41, 5.74) is 0.0457. The van der Waals surface area contributed by atoms with Crippen LogP contribution in [0, 0.1) is 5.92 Å². The first-order valence-corrected chi connectivity index (χ1v) is 5.06. The van der Waals surface area contributed by atoms with E-state index in [-0.39, 0.29) is 5.69 Å². The molecule has 88 valence electrons. The SMILES string of the molecule is COCC(C)CNc1cccc(C(=O)O)n1. The van der Waals surface area contributed by atoms with E-state index in [1.54, 1.807) is 19.2 Å². The average molecular weight is 224 g/mol. The number of pyridine rings is 1. The van der Waals surface area contributed by atoms with E-state index in [1.807, 2.05) is 6.92 Å². The number of anilines is 1. The fourth-order valence-electron chi connectivity index (χ4n) is 1.27. The Morgan fingerprint density at radius 3 is 3.00 bits per heavy atom. The first-order chi connectivity index (χ1) is 7.63. The Hall–Kier alpha value is -1.62. The molecule has 0 aliphatic heterocycles. The van der Waals surface area contributed by atoms with E-state index in [0.717, 1.165) is 0 Å². The third-order valence-electron chi connectivity index (χ3n) is 2.05. The zero-order valence-corrected chi connectivity index (χ0v) is 9.43. The van der Waals surface area contributed by atoms with Crippen LogP contribution in [0.25, 0.3) is 0 Å². The van der Waals surface area contributed by atoms with Crippen LogP contribution in [0.15, 0.2) is 18.2 Å². The lowest BCUT2D eigenvalue weighted by Crippen LogP contribution is -2.16. The van der Waals surface area contributed by atoms with E-state index >= 15 is 0 Å². The Morgan fingerprint density at radius 2 is 2.38 bits per heavy atom. The molecule has 0 amide bonds. The van der Waals surface area contributed by atoms with Gasteiger partial charge in [-0.3, -0.25) is 0 Å². The van der Waals surface area contributed by atoms with Gasteiger partial charge in [0.05, 0.1) is 6.61 Å². The fraction of sp³-hybridized carbons (Fsp3) is 0.455. The van der Waals surface area contributed by atoms with Crippen molar-refractivity contribution >= 4 is 11.8 Å². The maximum absolute atomic E-state index is 10.7. The van der Waals surface area contributed by atoms with Gasteiger partial charge in [-0.15, -0.1) is 0 Å². The molecule has 1 aromatic heterocycles. The maximum atomic E-state index is 10.7. The number of nitrogens with zero attached hydrogens (tertiary/aromatic N) is 1. The molecule has 1 unspecified atom stereocenters. The summed E-state index contributed by atoms with van der Waals surface area (Å²) in [6.45, 7) is 3.40. The minimum absolute atomic E-state index is 0.0457.